The monoisotopic (exact) mass is 183 g/mol. The molecular weight excluding hydrogens is 168 g/mol. The predicted octanol–water partition coefficient (Wildman–Crippen LogP) is 0.316. The van der Waals surface area contributed by atoms with E-state index in [2.05, 4.69) is 0 Å². The number of allylic oxidation sites excluding steroid dienone is 1. The molecule has 0 bridgehead atoms. The van der Waals surface area contributed by atoms with Crippen LogP contribution in [-0.4, -0.2) is 44.7 Å². The maximum Gasteiger partial charge on any atom is 0.331 e. The van der Waals surface area contributed by atoms with Crippen LogP contribution in [0.3, 0.4) is 0 Å². The van der Waals surface area contributed by atoms with E-state index in [0.29, 0.717) is 6.61 Å². The van der Waals surface area contributed by atoms with Gasteiger partial charge in [-0.2, -0.15) is 5.26 Å². The summed E-state index contributed by atoms with van der Waals surface area (Å²) in [5.41, 5.74) is 0. The largest absolute Gasteiger partial charge is 0.457 e. The Bertz CT molecular complexity index is 233. The summed E-state index contributed by atoms with van der Waals surface area (Å²) in [5.74, 6) is -0.463. The molecule has 0 aromatic heterocycles. The van der Waals surface area contributed by atoms with Gasteiger partial charge in [0.1, 0.15) is 13.2 Å². The van der Waals surface area contributed by atoms with E-state index >= 15 is 0 Å². The summed E-state index contributed by atoms with van der Waals surface area (Å²) in [4.78, 5) is 10.8. The van der Waals surface area contributed by atoms with Gasteiger partial charge in [-0.1, -0.05) is 0 Å². The minimum Gasteiger partial charge on any atom is -0.457 e. The fraction of sp³-hybridized carbons (Fsp3) is 0.556. The minimum atomic E-state index is -0.463. The van der Waals surface area contributed by atoms with Crippen LogP contribution in [0.2, 0.25) is 0 Å². The first-order chi connectivity index (χ1) is 5.95. The maximum absolute atomic E-state index is 10.8. The van der Waals surface area contributed by atoms with Crippen molar-refractivity contribution in [1.29, 1.82) is 5.26 Å². The van der Waals surface area contributed by atoms with Crippen LogP contribution < -0.4 is 0 Å². The van der Waals surface area contributed by atoms with Gasteiger partial charge in [0.2, 0.25) is 0 Å². The molecule has 4 nitrogen and oxygen atoms in total. The number of hydrogen-bond acceptors (Lipinski definition) is 3. The van der Waals surface area contributed by atoms with Gasteiger partial charge in [0.25, 0.3) is 0 Å². The maximum atomic E-state index is 10.8. The molecule has 0 aliphatic carbocycles. The van der Waals surface area contributed by atoms with Gasteiger partial charge in [0.05, 0.1) is 27.2 Å². The van der Waals surface area contributed by atoms with E-state index in [9.17, 15) is 4.79 Å². The van der Waals surface area contributed by atoms with Gasteiger partial charge in [-0.05, 0) is 0 Å². The molecule has 72 valence electrons. The number of nitrogens with zero attached hydrogens (tertiary/aromatic N) is 2. The zero-order valence-corrected chi connectivity index (χ0v) is 8.28. The first kappa shape index (κ1) is 11.7. The molecule has 0 rings (SSSR count). The van der Waals surface area contributed by atoms with Crippen molar-refractivity contribution in [2.24, 2.45) is 0 Å². The molecule has 0 fully saturated rings. The molecule has 4 heteroatoms. The second-order valence-electron chi connectivity index (χ2n) is 3.64. The van der Waals surface area contributed by atoms with Crippen molar-refractivity contribution in [3.63, 3.8) is 0 Å². The molecular formula is C9H15N2O2+. The predicted molar refractivity (Wildman–Crippen MR) is 48.6 cm³/mol. The third-order valence-electron chi connectivity index (χ3n) is 1.30. The van der Waals surface area contributed by atoms with Gasteiger partial charge in [0.15, 0.2) is 0 Å². The van der Waals surface area contributed by atoms with Gasteiger partial charge in [-0.25, -0.2) is 4.79 Å². The Balaban J connectivity index is 3.62. The zero-order chi connectivity index (χ0) is 10.3. The normalized spacial score (nSPS) is 11.2. The zero-order valence-electron chi connectivity index (χ0n) is 8.28. The van der Waals surface area contributed by atoms with Crippen molar-refractivity contribution < 1.29 is 14.0 Å². The van der Waals surface area contributed by atoms with Gasteiger partial charge in [0, 0.05) is 12.2 Å². The third kappa shape index (κ3) is 8.57. The van der Waals surface area contributed by atoms with Crippen LogP contribution in [0.5, 0.6) is 0 Å². The second kappa shape index (κ2) is 5.33. The molecule has 0 saturated carbocycles. The number of rotatable bonds is 4. The molecule has 0 atom stereocenters. The van der Waals surface area contributed by atoms with Crippen LogP contribution >= 0.6 is 0 Å². The van der Waals surface area contributed by atoms with Crippen LogP contribution in [0.4, 0.5) is 0 Å². The fourth-order valence-electron chi connectivity index (χ4n) is 0.574. The van der Waals surface area contributed by atoms with E-state index in [-0.39, 0.29) is 0 Å². The lowest BCUT2D eigenvalue weighted by atomic mass is 10.5. The molecule has 0 aromatic rings. The van der Waals surface area contributed by atoms with E-state index in [1.54, 1.807) is 6.07 Å². The first-order valence-corrected chi connectivity index (χ1v) is 3.99. The molecule has 0 heterocycles. The average Bonchev–Trinajstić information content (AvgIpc) is 1.98. The number of likely N-dealkylation sites (N-methyl/N-ethyl adjacent to an activating group) is 1. The van der Waals surface area contributed by atoms with Gasteiger partial charge in [-0.15, -0.1) is 0 Å². The number of esters is 1. The van der Waals surface area contributed by atoms with Crippen molar-refractivity contribution in [1.82, 2.24) is 0 Å². The summed E-state index contributed by atoms with van der Waals surface area (Å²) in [6.07, 6.45) is 2.23. The molecule has 0 saturated heterocycles. The van der Waals surface area contributed by atoms with E-state index in [1.165, 1.54) is 0 Å². The average molecular weight is 183 g/mol. The summed E-state index contributed by atoms with van der Waals surface area (Å²) < 4.78 is 5.57. The highest BCUT2D eigenvalue weighted by Gasteiger charge is 2.07. The summed E-state index contributed by atoms with van der Waals surface area (Å²) >= 11 is 0. The molecule has 13 heavy (non-hydrogen) atoms. The molecule has 0 aliphatic rings. The lowest BCUT2D eigenvalue weighted by Gasteiger charge is -2.23. The summed E-state index contributed by atoms with van der Waals surface area (Å²) in [5, 5.41) is 8.12. The molecule has 0 unspecified atom stereocenters. The van der Waals surface area contributed by atoms with Crippen LogP contribution in [-0.2, 0) is 9.53 Å². The van der Waals surface area contributed by atoms with E-state index < -0.39 is 5.97 Å². The Labute approximate surface area is 78.6 Å². The topological polar surface area (TPSA) is 50.1 Å². The van der Waals surface area contributed by atoms with Gasteiger partial charge in [-0.3, -0.25) is 0 Å². The summed E-state index contributed by atoms with van der Waals surface area (Å²) in [7, 11) is 6.04. The first-order valence-electron chi connectivity index (χ1n) is 3.99. The molecule has 0 aliphatic heterocycles. The van der Waals surface area contributed by atoms with E-state index in [4.69, 9.17) is 10.00 Å². The molecule has 0 radical (unpaired) electrons. The Kier molecular flexibility index (Phi) is 4.78. The van der Waals surface area contributed by atoms with Crippen LogP contribution in [0.25, 0.3) is 0 Å². The van der Waals surface area contributed by atoms with Crippen molar-refractivity contribution >= 4 is 5.97 Å². The number of carbonyl (C=O) groups excluding carboxylic acids is 1. The van der Waals surface area contributed by atoms with Gasteiger partial charge >= 0.3 is 5.97 Å². The van der Waals surface area contributed by atoms with Crippen LogP contribution in [0.1, 0.15) is 0 Å². The van der Waals surface area contributed by atoms with Crippen LogP contribution in [0, 0.1) is 11.3 Å². The fourth-order valence-corrected chi connectivity index (χ4v) is 0.574. The smallest absolute Gasteiger partial charge is 0.331 e. The molecule has 0 spiro atoms. The van der Waals surface area contributed by atoms with Gasteiger partial charge < -0.3 is 9.22 Å². The van der Waals surface area contributed by atoms with Crippen molar-refractivity contribution in [2.45, 2.75) is 0 Å². The highest BCUT2D eigenvalue weighted by atomic mass is 16.5. The summed E-state index contributed by atoms with van der Waals surface area (Å²) in [6.45, 7) is 1.13. The lowest BCUT2D eigenvalue weighted by molar-refractivity contribution is -0.870. The molecule has 0 aromatic carbocycles. The second-order valence-corrected chi connectivity index (χ2v) is 3.64. The molecule has 0 amide bonds. The SMILES string of the molecule is C[N+](C)(C)CCOC(=O)C=CC#N. The van der Waals surface area contributed by atoms with Crippen molar-refractivity contribution in [3.8, 4) is 6.07 Å². The Morgan fingerprint density at radius 2 is 2.15 bits per heavy atom. The minimum absolute atomic E-state index is 0.373. The standard InChI is InChI=1S/C9H15N2O2/c1-11(2,3)7-8-13-9(12)5-4-6-10/h4-5H,7-8H2,1-3H3/q+1. The quantitative estimate of drug-likeness (QED) is 0.273. The number of nitriles is 1. The number of ether oxygens (including phenoxy) is 1. The van der Waals surface area contributed by atoms with Crippen LogP contribution in [0.15, 0.2) is 12.2 Å². The Morgan fingerprint density at radius 3 is 2.62 bits per heavy atom. The highest BCUT2D eigenvalue weighted by Crippen LogP contribution is 1.90. The Hall–Kier alpha value is -1.34. The summed E-state index contributed by atoms with van der Waals surface area (Å²) in [6, 6.07) is 1.72. The number of carbonyl (C=O) groups is 1. The van der Waals surface area contributed by atoms with E-state index in [0.717, 1.165) is 23.2 Å². The lowest BCUT2D eigenvalue weighted by Crippen LogP contribution is -2.37. The van der Waals surface area contributed by atoms with E-state index in [1.807, 2.05) is 21.1 Å². The third-order valence-corrected chi connectivity index (χ3v) is 1.30. The van der Waals surface area contributed by atoms with Crippen molar-refractivity contribution in [3.05, 3.63) is 12.2 Å². The highest BCUT2D eigenvalue weighted by molar-refractivity contribution is 5.82. The van der Waals surface area contributed by atoms with Crippen molar-refractivity contribution in [2.75, 3.05) is 34.3 Å². The Morgan fingerprint density at radius 1 is 1.54 bits per heavy atom. The number of hydrogen-bond donors (Lipinski definition) is 0. The molecule has 0 N–H and O–H groups in total. The number of quaternary nitrogens is 1.